The standard InChI is InChI=1S/C26H38N8O3S/c1-17(26(2,3)4)28-21-15-20(30-22(31-21)19-16-27-34-12-14-38-24(19)34)23(35)33-9-7-18(8-10-33)29-25(36)37-13-11-32(5)6/h12,14-18H,7-11,13H2,1-6H3,(H,29,36)(H,28,30,31). The topological polar surface area (TPSA) is 117 Å². The molecule has 4 heterocycles. The number of ether oxygens (including phenoxy) is 1. The lowest BCUT2D eigenvalue weighted by atomic mass is 9.88. The van der Waals surface area contributed by atoms with Gasteiger partial charge >= 0.3 is 6.09 Å². The van der Waals surface area contributed by atoms with Crippen LogP contribution in [-0.4, -0.2) is 93.8 Å². The Hall–Kier alpha value is -3.25. The fraction of sp³-hybridized carbons (Fsp3) is 0.577. The number of likely N-dealkylation sites (N-methyl/N-ethyl adjacent to an activating group) is 1. The van der Waals surface area contributed by atoms with Crippen LogP contribution in [0, 0.1) is 5.41 Å². The van der Waals surface area contributed by atoms with Crippen molar-refractivity contribution in [2.45, 2.75) is 52.6 Å². The lowest BCUT2D eigenvalue weighted by Gasteiger charge is -2.32. The Morgan fingerprint density at radius 2 is 1.97 bits per heavy atom. The number of amides is 2. The number of rotatable bonds is 8. The summed E-state index contributed by atoms with van der Waals surface area (Å²) in [6, 6.07) is 1.81. The Labute approximate surface area is 227 Å². The molecule has 2 N–H and O–H groups in total. The second kappa shape index (κ2) is 11.6. The van der Waals surface area contributed by atoms with Crippen LogP contribution in [0.15, 0.2) is 23.8 Å². The van der Waals surface area contributed by atoms with Gasteiger partial charge in [0.05, 0.1) is 11.8 Å². The van der Waals surface area contributed by atoms with Gasteiger partial charge in [-0.15, -0.1) is 11.3 Å². The van der Waals surface area contributed by atoms with E-state index in [1.54, 1.807) is 33.0 Å². The Morgan fingerprint density at radius 3 is 2.66 bits per heavy atom. The monoisotopic (exact) mass is 542 g/mol. The number of hydrogen-bond donors (Lipinski definition) is 2. The fourth-order valence-corrected chi connectivity index (χ4v) is 4.78. The molecular formula is C26H38N8O3S. The Kier molecular flexibility index (Phi) is 8.51. The highest BCUT2D eigenvalue weighted by Crippen LogP contribution is 2.28. The number of anilines is 1. The smallest absolute Gasteiger partial charge is 0.407 e. The zero-order valence-electron chi connectivity index (χ0n) is 23.0. The van der Waals surface area contributed by atoms with Gasteiger partial charge < -0.3 is 25.2 Å². The van der Waals surface area contributed by atoms with E-state index in [1.165, 1.54) is 0 Å². The van der Waals surface area contributed by atoms with Crippen LogP contribution in [0.3, 0.4) is 0 Å². The van der Waals surface area contributed by atoms with Crippen LogP contribution >= 0.6 is 11.3 Å². The second-order valence-corrected chi connectivity index (χ2v) is 11.9. The summed E-state index contributed by atoms with van der Waals surface area (Å²) in [5.74, 6) is 0.921. The van der Waals surface area contributed by atoms with Gasteiger partial charge in [0.2, 0.25) is 0 Å². The Bertz CT molecular complexity index is 1260. The van der Waals surface area contributed by atoms with E-state index in [0.717, 1.165) is 10.4 Å². The second-order valence-electron chi connectivity index (χ2n) is 11.1. The number of alkyl carbamates (subject to hydrolysis) is 1. The molecule has 1 saturated heterocycles. The molecule has 1 atom stereocenters. The van der Waals surface area contributed by atoms with Crippen molar-refractivity contribution in [3.05, 3.63) is 29.5 Å². The molecule has 11 nitrogen and oxygen atoms in total. The number of aromatic nitrogens is 4. The van der Waals surface area contributed by atoms with E-state index in [9.17, 15) is 9.59 Å². The molecule has 38 heavy (non-hydrogen) atoms. The summed E-state index contributed by atoms with van der Waals surface area (Å²) in [6.07, 6.45) is 4.51. The van der Waals surface area contributed by atoms with E-state index in [4.69, 9.17) is 9.72 Å². The van der Waals surface area contributed by atoms with Gasteiger partial charge in [-0.2, -0.15) is 5.10 Å². The maximum absolute atomic E-state index is 13.6. The van der Waals surface area contributed by atoms with Crippen LogP contribution in [0.1, 0.15) is 51.0 Å². The number of thiazole rings is 1. The molecule has 1 aliphatic rings. The normalized spacial score (nSPS) is 15.6. The van der Waals surface area contributed by atoms with E-state index >= 15 is 0 Å². The largest absolute Gasteiger partial charge is 0.448 e. The predicted octanol–water partition coefficient (Wildman–Crippen LogP) is 3.59. The van der Waals surface area contributed by atoms with E-state index in [2.05, 4.69) is 48.4 Å². The number of nitrogens with one attached hydrogen (secondary N) is 2. The van der Waals surface area contributed by atoms with Crippen molar-refractivity contribution >= 4 is 34.0 Å². The molecule has 0 aliphatic carbocycles. The number of carbonyl (C=O) groups is 2. The van der Waals surface area contributed by atoms with Crippen LogP contribution in [-0.2, 0) is 4.74 Å². The molecule has 0 spiro atoms. The van der Waals surface area contributed by atoms with Gasteiger partial charge in [-0.25, -0.2) is 19.3 Å². The van der Waals surface area contributed by atoms with Crippen molar-refractivity contribution in [1.29, 1.82) is 0 Å². The minimum atomic E-state index is -0.415. The van der Waals surface area contributed by atoms with Crippen LogP contribution in [0.25, 0.3) is 16.2 Å². The summed E-state index contributed by atoms with van der Waals surface area (Å²) in [5, 5.41) is 12.7. The van der Waals surface area contributed by atoms with Crippen molar-refractivity contribution in [2.75, 3.05) is 45.7 Å². The molecule has 0 radical (unpaired) electrons. The molecule has 1 fully saturated rings. The molecule has 206 valence electrons. The van der Waals surface area contributed by atoms with Crippen molar-refractivity contribution in [1.82, 2.24) is 34.7 Å². The molecule has 1 aliphatic heterocycles. The highest BCUT2D eigenvalue weighted by molar-refractivity contribution is 7.16. The number of fused-ring (bicyclic) bond motifs is 1. The van der Waals surface area contributed by atoms with Gasteiger partial charge in [0.1, 0.15) is 22.9 Å². The maximum atomic E-state index is 13.6. The number of carbonyl (C=O) groups excluding carboxylic acids is 2. The minimum Gasteiger partial charge on any atom is -0.448 e. The molecule has 3 aromatic rings. The lowest BCUT2D eigenvalue weighted by Crippen LogP contribution is -2.47. The van der Waals surface area contributed by atoms with Crippen LogP contribution < -0.4 is 10.6 Å². The van der Waals surface area contributed by atoms with E-state index in [0.29, 0.717) is 56.4 Å². The van der Waals surface area contributed by atoms with E-state index < -0.39 is 6.09 Å². The van der Waals surface area contributed by atoms with Gasteiger partial charge in [0.25, 0.3) is 5.91 Å². The molecular weight excluding hydrogens is 504 g/mol. The summed E-state index contributed by atoms with van der Waals surface area (Å²) in [6.45, 7) is 10.6. The summed E-state index contributed by atoms with van der Waals surface area (Å²) in [5.41, 5.74) is 1.12. The SMILES string of the molecule is CC(Nc1cc(C(=O)N2CCC(NC(=O)OCCN(C)C)CC2)nc(-c2cnn3ccsc23)n1)C(C)(C)C. The van der Waals surface area contributed by atoms with Crippen molar-refractivity contribution in [3.8, 4) is 11.4 Å². The molecule has 3 aromatic heterocycles. The number of piperidine rings is 1. The Morgan fingerprint density at radius 1 is 1.24 bits per heavy atom. The summed E-state index contributed by atoms with van der Waals surface area (Å²) < 4.78 is 7.02. The van der Waals surface area contributed by atoms with Gasteiger partial charge in [-0.05, 0) is 39.3 Å². The first-order chi connectivity index (χ1) is 18.0. The molecule has 12 heteroatoms. The summed E-state index contributed by atoms with van der Waals surface area (Å²) >= 11 is 1.55. The molecule has 0 saturated carbocycles. The highest BCUT2D eigenvalue weighted by Gasteiger charge is 2.28. The third kappa shape index (κ3) is 6.79. The summed E-state index contributed by atoms with van der Waals surface area (Å²) in [4.78, 5) is 39.8. The lowest BCUT2D eigenvalue weighted by molar-refractivity contribution is 0.0695. The van der Waals surface area contributed by atoms with Crippen molar-refractivity contribution < 1.29 is 14.3 Å². The third-order valence-electron chi connectivity index (χ3n) is 6.86. The maximum Gasteiger partial charge on any atom is 0.407 e. The predicted molar refractivity (Wildman–Crippen MR) is 149 cm³/mol. The zero-order chi connectivity index (χ0) is 27.4. The average Bonchev–Trinajstić information content (AvgIpc) is 3.47. The Balaban J connectivity index is 1.48. The van der Waals surface area contributed by atoms with E-state index in [-0.39, 0.29) is 23.4 Å². The highest BCUT2D eigenvalue weighted by atomic mass is 32.1. The summed E-state index contributed by atoms with van der Waals surface area (Å²) in [7, 11) is 3.86. The number of likely N-dealkylation sites (tertiary alicyclic amines) is 1. The first-order valence-electron chi connectivity index (χ1n) is 13.0. The van der Waals surface area contributed by atoms with Crippen LogP contribution in [0.4, 0.5) is 10.6 Å². The number of nitrogens with zero attached hydrogens (tertiary/aromatic N) is 6. The zero-order valence-corrected chi connectivity index (χ0v) is 23.8. The molecule has 1 unspecified atom stereocenters. The van der Waals surface area contributed by atoms with Gasteiger partial charge in [-0.3, -0.25) is 4.79 Å². The molecule has 0 aromatic carbocycles. The van der Waals surface area contributed by atoms with Gasteiger partial charge in [0.15, 0.2) is 5.82 Å². The first kappa shape index (κ1) is 27.8. The molecule has 4 rings (SSSR count). The van der Waals surface area contributed by atoms with Crippen LogP contribution in [0.5, 0.6) is 0 Å². The van der Waals surface area contributed by atoms with Crippen LogP contribution in [0.2, 0.25) is 0 Å². The van der Waals surface area contributed by atoms with Gasteiger partial charge in [0, 0.05) is 49.4 Å². The van der Waals surface area contributed by atoms with Crippen molar-refractivity contribution in [2.24, 2.45) is 5.41 Å². The van der Waals surface area contributed by atoms with E-state index in [1.807, 2.05) is 30.6 Å². The number of hydrogen-bond acceptors (Lipinski definition) is 9. The van der Waals surface area contributed by atoms with Crippen molar-refractivity contribution in [3.63, 3.8) is 0 Å². The quantitative estimate of drug-likeness (QED) is 0.444. The van der Waals surface area contributed by atoms with Gasteiger partial charge in [-0.1, -0.05) is 20.8 Å². The third-order valence-corrected chi connectivity index (χ3v) is 7.74. The average molecular weight is 543 g/mol. The first-order valence-corrected chi connectivity index (χ1v) is 13.8. The fourth-order valence-electron chi connectivity index (χ4n) is 3.99. The molecule has 0 bridgehead atoms. The molecule has 2 amide bonds. The minimum absolute atomic E-state index is 0.00346.